The number of hydrogen-bond donors (Lipinski definition) is 0. The van der Waals surface area contributed by atoms with Crippen LogP contribution in [0.4, 0.5) is 0 Å². The van der Waals surface area contributed by atoms with Crippen molar-refractivity contribution in [2.75, 3.05) is 6.61 Å². The predicted molar refractivity (Wildman–Crippen MR) is 81.8 cm³/mol. The van der Waals surface area contributed by atoms with E-state index in [0.29, 0.717) is 30.4 Å². The van der Waals surface area contributed by atoms with Gasteiger partial charge in [-0.2, -0.15) is 5.26 Å². The van der Waals surface area contributed by atoms with Gasteiger partial charge in [0.05, 0.1) is 30.3 Å². The molecule has 0 aromatic heterocycles. The van der Waals surface area contributed by atoms with Gasteiger partial charge >= 0.3 is 5.97 Å². The number of hydrogen-bond acceptors (Lipinski definition) is 4. The molecule has 0 N–H and O–H groups in total. The second kappa shape index (κ2) is 5.55. The number of nitrogens with zero attached hydrogens (tertiary/aromatic N) is 1. The van der Waals surface area contributed by atoms with E-state index < -0.39 is 5.60 Å². The molecule has 4 heteroatoms. The first-order chi connectivity index (χ1) is 10.5. The van der Waals surface area contributed by atoms with Gasteiger partial charge in [-0.05, 0) is 43.9 Å². The molecular formula is C18H23NO3. The normalized spacial score (nSPS) is 38.3. The monoisotopic (exact) mass is 301 g/mol. The Morgan fingerprint density at radius 3 is 2.50 bits per heavy atom. The van der Waals surface area contributed by atoms with Crippen molar-refractivity contribution in [3.8, 4) is 6.07 Å². The fourth-order valence-corrected chi connectivity index (χ4v) is 5.04. The van der Waals surface area contributed by atoms with Gasteiger partial charge in [-0.1, -0.05) is 19.2 Å². The molecule has 0 spiro atoms. The third-order valence-corrected chi connectivity index (χ3v) is 5.39. The summed E-state index contributed by atoms with van der Waals surface area (Å²) in [6.45, 7) is 7.74. The molecule has 4 saturated carbocycles. The van der Waals surface area contributed by atoms with Crippen LogP contribution in [0, 0.1) is 23.2 Å². The van der Waals surface area contributed by atoms with Gasteiger partial charge in [-0.25, -0.2) is 4.79 Å². The van der Waals surface area contributed by atoms with E-state index in [0.717, 1.165) is 32.1 Å². The van der Waals surface area contributed by atoms with E-state index in [1.807, 2.05) is 0 Å². The van der Waals surface area contributed by atoms with Crippen LogP contribution in [-0.4, -0.2) is 23.8 Å². The summed E-state index contributed by atoms with van der Waals surface area (Å²) in [5.74, 6) is 0.769. The summed E-state index contributed by atoms with van der Waals surface area (Å²) in [5, 5.41) is 8.72. The highest BCUT2D eigenvalue weighted by Crippen LogP contribution is 2.60. The van der Waals surface area contributed by atoms with Gasteiger partial charge in [0.25, 0.3) is 0 Å². The van der Waals surface area contributed by atoms with E-state index in [1.54, 1.807) is 0 Å². The predicted octanol–water partition coefficient (Wildman–Crippen LogP) is 3.29. The molecule has 4 rings (SSSR count). The number of rotatable bonds is 6. The lowest BCUT2D eigenvalue weighted by Crippen LogP contribution is -2.61. The zero-order chi connectivity index (χ0) is 15.8. The van der Waals surface area contributed by atoms with Crippen molar-refractivity contribution >= 4 is 5.97 Å². The maximum absolute atomic E-state index is 12.1. The maximum Gasteiger partial charge on any atom is 0.338 e. The summed E-state index contributed by atoms with van der Waals surface area (Å²) in [4.78, 5) is 12.1. The molecule has 2 unspecified atom stereocenters. The van der Waals surface area contributed by atoms with E-state index in [2.05, 4.69) is 19.2 Å². The Balaban J connectivity index is 1.76. The Hall–Kier alpha value is -1.60. The number of esters is 1. The summed E-state index contributed by atoms with van der Waals surface area (Å²) in [6, 6.07) is 2.13. The topological polar surface area (TPSA) is 59.3 Å². The van der Waals surface area contributed by atoms with Gasteiger partial charge in [0, 0.05) is 6.42 Å². The number of ether oxygens (including phenoxy) is 2. The molecule has 22 heavy (non-hydrogen) atoms. The SMILES string of the molecule is C=CC(=C)C(=O)OC12CC3CC(CC(OCCC#N)(C3)C1)C2. The number of carbonyl (C=O) groups is 1. The van der Waals surface area contributed by atoms with Crippen molar-refractivity contribution in [1.82, 2.24) is 0 Å². The smallest absolute Gasteiger partial charge is 0.338 e. The van der Waals surface area contributed by atoms with Crippen LogP contribution in [-0.2, 0) is 14.3 Å². The summed E-state index contributed by atoms with van der Waals surface area (Å²) < 4.78 is 12.0. The van der Waals surface area contributed by atoms with E-state index in [9.17, 15) is 4.79 Å². The molecule has 118 valence electrons. The standard InChI is InChI=1S/C18H23NO3/c1-3-13(2)16(20)22-18-10-14-7-15(11-18)9-17(8-14,12-18)21-6-4-5-19/h3,14-15H,1-2,4,6-12H2. The quantitative estimate of drug-likeness (QED) is 0.327. The van der Waals surface area contributed by atoms with Crippen LogP contribution in [0.1, 0.15) is 44.9 Å². The molecule has 0 saturated heterocycles. The van der Waals surface area contributed by atoms with Gasteiger partial charge in [0.2, 0.25) is 0 Å². The molecule has 2 atom stereocenters. The minimum atomic E-state index is -0.403. The second-order valence-electron chi connectivity index (χ2n) is 7.20. The highest BCUT2D eigenvalue weighted by molar-refractivity contribution is 5.90. The lowest BCUT2D eigenvalue weighted by Gasteiger charge is -2.60. The zero-order valence-corrected chi connectivity index (χ0v) is 13.0. The van der Waals surface area contributed by atoms with Gasteiger partial charge in [-0.15, -0.1) is 0 Å². The van der Waals surface area contributed by atoms with Crippen LogP contribution in [0.5, 0.6) is 0 Å². The molecule has 0 amide bonds. The zero-order valence-electron chi connectivity index (χ0n) is 13.0. The third kappa shape index (κ3) is 2.70. The van der Waals surface area contributed by atoms with Gasteiger partial charge in [0.1, 0.15) is 5.60 Å². The molecule has 0 heterocycles. The van der Waals surface area contributed by atoms with Crippen LogP contribution in [0.2, 0.25) is 0 Å². The molecule has 0 radical (unpaired) electrons. The van der Waals surface area contributed by atoms with E-state index in [-0.39, 0.29) is 11.6 Å². The van der Waals surface area contributed by atoms with Crippen molar-refractivity contribution in [2.24, 2.45) is 11.8 Å². The number of carbonyl (C=O) groups excluding carboxylic acids is 1. The van der Waals surface area contributed by atoms with Crippen molar-refractivity contribution in [1.29, 1.82) is 5.26 Å². The Kier molecular flexibility index (Phi) is 3.86. The van der Waals surface area contributed by atoms with Crippen LogP contribution in [0.25, 0.3) is 0 Å². The second-order valence-corrected chi connectivity index (χ2v) is 7.20. The molecule has 4 fully saturated rings. The van der Waals surface area contributed by atoms with Gasteiger partial charge < -0.3 is 9.47 Å². The Bertz CT molecular complexity index is 531. The fourth-order valence-electron chi connectivity index (χ4n) is 5.04. The molecule has 4 nitrogen and oxygen atoms in total. The average molecular weight is 301 g/mol. The Morgan fingerprint density at radius 2 is 1.91 bits per heavy atom. The fraction of sp³-hybridized carbons (Fsp3) is 0.667. The summed E-state index contributed by atoms with van der Waals surface area (Å²) >= 11 is 0. The van der Waals surface area contributed by atoms with E-state index in [4.69, 9.17) is 14.7 Å². The van der Waals surface area contributed by atoms with Crippen LogP contribution < -0.4 is 0 Å². The Morgan fingerprint density at radius 1 is 1.27 bits per heavy atom. The van der Waals surface area contributed by atoms with Crippen molar-refractivity contribution < 1.29 is 14.3 Å². The average Bonchev–Trinajstić information content (AvgIpc) is 2.44. The maximum atomic E-state index is 12.1. The third-order valence-electron chi connectivity index (χ3n) is 5.39. The molecule has 0 aliphatic heterocycles. The molecule has 0 aromatic rings. The van der Waals surface area contributed by atoms with Crippen LogP contribution in [0.15, 0.2) is 24.8 Å². The summed E-state index contributed by atoms with van der Waals surface area (Å²) in [6.07, 6.45) is 7.78. The lowest BCUT2D eigenvalue weighted by molar-refractivity contribution is -0.231. The minimum Gasteiger partial charge on any atom is -0.455 e. The van der Waals surface area contributed by atoms with Gasteiger partial charge in [-0.3, -0.25) is 0 Å². The summed E-state index contributed by atoms with van der Waals surface area (Å²) in [7, 11) is 0. The first-order valence-corrected chi connectivity index (χ1v) is 8.05. The van der Waals surface area contributed by atoms with Crippen LogP contribution in [0.3, 0.4) is 0 Å². The van der Waals surface area contributed by atoms with Crippen molar-refractivity contribution in [3.63, 3.8) is 0 Å². The lowest BCUT2D eigenvalue weighted by atomic mass is 9.52. The van der Waals surface area contributed by atoms with Crippen molar-refractivity contribution in [2.45, 2.75) is 56.1 Å². The number of nitriles is 1. The molecule has 0 aromatic carbocycles. The molecule has 4 bridgehead atoms. The highest BCUT2D eigenvalue weighted by Gasteiger charge is 2.60. The Labute approximate surface area is 131 Å². The minimum absolute atomic E-state index is 0.198. The first kappa shape index (κ1) is 15.3. The van der Waals surface area contributed by atoms with Crippen LogP contribution >= 0.6 is 0 Å². The van der Waals surface area contributed by atoms with E-state index in [1.165, 1.54) is 12.5 Å². The van der Waals surface area contributed by atoms with Crippen molar-refractivity contribution in [3.05, 3.63) is 24.8 Å². The molecule has 4 aliphatic rings. The largest absolute Gasteiger partial charge is 0.455 e. The molecule has 4 aliphatic carbocycles. The van der Waals surface area contributed by atoms with Gasteiger partial charge in [0.15, 0.2) is 0 Å². The summed E-state index contributed by atoms with van der Waals surface area (Å²) in [5.41, 5.74) is -0.286. The van der Waals surface area contributed by atoms with E-state index >= 15 is 0 Å². The highest BCUT2D eigenvalue weighted by atomic mass is 16.6. The first-order valence-electron chi connectivity index (χ1n) is 8.05. The molecular weight excluding hydrogens is 278 g/mol.